The third kappa shape index (κ3) is 5.74. The van der Waals surface area contributed by atoms with Gasteiger partial charge in [0.1, 0.15) is 0 Å². The Morgan fingerprint density at radius 2 is 1.64 bits per heavy atom. The average molecular weight is 378 g/mol. The summed E-state index contributed by atoms with van der Waals surface area (Å²) in [6.45, 7) is 20.2. The van der Waals surface area contributed by atoms with Gasteiger partial charge < -0.3 is 5.32 Å². The van der Waals surface area contributed by atoms with Crippen molar-refractivity contribution in [2.45, 2.75) is 79.2 Å². The second-order valence-electron chi connectivity index (χ2n) is 9.80. The molecule has 28 heavy (non-hydrogen) atoms. The summed E-state index contributed by atoms with van der Waals surface area (Å²) in [6.07, 6.45) is 3.33. The summed E-state index contributed by atoms with van der Waals surface area (Å²) in [5, 5.41) is 3.79. The molecule has 1 nitrogen and oxygen atoms in total. The molecule has 0 aromatic heterocycles. The van der Waals surface area contributed by atoms with Gasteiger partial charge in [0.2, 0.25) is 0 Å². The minimum absolute atomic E-state index is 0.137. The fraction of sp³-hybridized carbons (Fsp3) is 0.481. The summed E-state index contributed by atoms with van der Waals surface area (Å²) in [4.78, 5) is 0. The van der Waals surface area contributed by atoms with Gasteiger partial charge in [-0.2, -0.15) is 0 Å². The summed E-state index contributed by atoms with van der Waals surface area (Å²) in [5.41, 5.74) is 6.82. The van der Waals surface area contributed by atoms with Crippen LogP contribution in [0, 0.1) is 5.41 Å². The molecule has 0 aliphatic rings. The highest BCUT2D eigenvalue weighted by atomic mass is 14.9. The van der Waals surface area contributed by atoms with Crippen LogP contribution in [-0.2, 0) is 5.41 Å². The molecule has 1 atom stereocenters. The normalized spacial score (nSPS) is 13.2. The Hall–Kier alpha value is -2.02. The lowest BCUT2D eigenvalue weighted by molar-refractivity contribution is 0.376. The van der Waals surface area contributed by atoms with Gasteiger partial charge in [-0.1, -0.05) is 90.1 Å². The fourth-order valence-electron chi connectivity index (χ4n) is 3.56. The quantitative estimate of drug-likeness (QED) is 0.457. The Kier molecular flexibility index (Phi) is 7.15. The van der Waals surface area contributed by atoms with Crippen LogP contribution in [0.4, 0.5) is 5.69 Å². The average Bonchev–Trinajstić information content (AvgIpc) is 2.66. The van der Waals surface area contributed by atoms with Gasteiger partial charge in [-0.15, -0.1) is 0 Å². The van der Waals surface area contributed by atoms with E-state index in [2.05, 4.69) is 109 Å². The van der Waals surface area contributed by atoms with Crippen molar-refractivity contribution in [3.05, 3.63) is 66.2 Å². The molecule has 0 aliphatic carbocycles. The van der Waals surface area contributed by atoms with E-state index in [9.17, 15) is 0 Å². The van der Waals surface area contributed by atoms with E-state index in [4.69, 9.17) is 0 Å². The van der Waals surface area contributed by atoms with E-state index in [0.717, 1.165) is 19.3 Å². The number of benzene rings is 2. The van der Waals surface area contributed by atoms with Crippen LogP contribution in [0.1, 0.15) is 73.3 Å². The van der Waals surface area contributed by atoms with Gasteiger partial charge in [0.15, 0.2) is 0 Å². The van der Waals surface area contributed by atoms with Gasteiger partial charge in [-0.25, -0.2) is 0 Å². The smallest absolute Gasteiger partial charge is 0.0422 e. The predicted octanol–water partition coefficient (Wildman–Crippen LogP) is 8.22. The predicted molar refractivity (Wildman–Crippen MR) is 126 cm³/mol. The van der Waals surface area contributed by atoms with Crippen molar-refractivity contribution < 1.29 is 0 Å². The molecule has 0 saturated carbocycles. The molecule has 0 fully saturated rings. The lowest BCUT2D eigenvalue weighted by Crippen LogP contribution is -2.21. The van der Waals surface area contributed by atoms with Crippen LogP contribution < -0.4 is 5.32 Å². The molecule has 2 aromatic carbocycles. The Morgan fingerprint density at radius 3 is 2.21 bits per heavy atom. The van der Waals surface area contributed by atoms with Crippen LogP contribution in [0.3, 0.4) is 0 Å². The van der Waals surface area contributed by atoms with E-state index in [1.165, 1.54) is 28.0 Å². The molecule has 0 radical (unpaired) electrons. The Labute approximate surface area is 173 Å². The molecule has 0 bridgehead atoms. The van der Waals surface area contributed by atoms with Crippen LogP contribution in [0.15, 0.2) is 60.7 Å². The molecule has 0 spiro atoms. The molecule has 2 rings (SSSR count). The second kappa shape index (κ2) is 8.99. The summed E-state index contributed by atoms with van der Waals surface area (Å²) in [7, 11) is 0. The van der Waals surface area contributed by atoms with Crippen LogP contribution in [-0.4, -0.2) is 6.04 Å². The molecular weight excluding hydrogens is 338 g/mol. The number of allylic oxidation sites excluding steroid dienone is 1. The molecule has 0 amide bonds. The van der Waals surface area contributed by atoms with Crippen molar-refractivity contribution in [1.82, 2.24) is 0 Å². The minimum atomic E-state index is 0.137. The molecular formula is C27H39N. The molecule has 0 saturated heterocycles. The van der Waals surface area contributed by atoms with Gasteiger partial charge in [-0.05, 0) is 60.3 Å². The molecule has 1 N–H and O–H groups in total. The zero-order chi connectivity index (χ0) is 20.9. The lowest BCUT2D eigenvalue weighted by Gasteiger charge is -2.29. The van der Waals surface area contributed by atoms with E-state index < -0.39 is 0 Å². The Morgan fingerprint density at radius 1 is 1.00 bits per heavy atom. The highest BCUT2D eigenvalue weighted by molar-refractivity contribution is 5.79. The number of anilines is 1. The standard InChI is InChI=1S/C27H39N/c1-9-20(2)27(7,8)18-17-21(3)28-25-16-15-23(26(4,5)6)19-24(25)22-13-11-10-12-14-22/h10-16,19,21,28H,2,9,17-18H2,1,3-8H3. The topological polar surface area (TPSA) is 12.0 Å². The third-order valence-corrected chi connectivity index (χ3v) is 5.96. The van der Waals surface area contributed by atoms with E-state index in [1.54, 1.807) is 0 Å². The zero-order valence-electron chi connectivity index (χ0n) is 19.0. The van der Waals surface area contributed by atoms with Crippen molar-refractivity contribution >= 4 is 5.69 Å². The summed E-state index contributed by atoms with van der Waals surface area (Å²) < 4.78 is 0. The van der Waals surface area contributed by atoms with Crippen molar-refractivity contribution in [2.75, 3.05) is 5.32 Å². The Bertz CT molecular complexity index is 778. The zero-order valence-corrected chi connectivity index (χ0v) is 19.0. The first-order valence-electron chi connectivity index (χ1n) is 10.7. The van der Waals surface area contributed by atoms with Gasteiger partial charge in [0.05, 0.1) is 0 Å². The maximum absolute atomic E-state index is 4.27. The highest BCUT2D eigenvalue weighted by Gasteiger charge is 2.22. The fourth-order valence-corrected chi connectivity index (χ4v) is 3.56. The SMILES string of the molecule is C=C(CC)C(C)(C)CCC(C)Nc1ccc(C(C)(C)C)cc1-c1ccccc1. The number of nitrogens with one attached hydrogen (secondary N) is 1. The Balaban J connectivity index is 2.24. The van der Waals surface area contributed by atoms with Gasteiger partial charge in [0.25, 0.3) is 0 Å². The van der Waals surface area contributed by atoms with Crippen molar-refractivity contribution in [2.24, 2.45) is 5.41 Å². The molecule has 1 heteroatoms. The third-order valence-electron chi connectivity index (χ3n) is 5.96. The first-order chi connectivity index (χ1) is 13.0. The summed E-state index contributed by atoms with van der Waals surface area (Å²) in [6, 6.07) is 18.0. The number of hydrogen-bond donors (Lipinski definition) is 1. The van der Waals surface area contributed by atoms with Crippen LogP contribution in [0.25, 0.3) is 11.1 Å². The first-order valence-corrected chi connectivity index (χ1v) is 10.7. The highest BCUT2D eigenvalue weighted by Crippen LogP contribution is 2.36. The summed E-state index contributed by atoms with van der Waals surface area (Å²) in [5.74, 6) is 0. The van der Waals surface area contributed by atoms with E-state index in [-0.39, 0.29) is 10.8 Å². The van der Waals surface area contributed by atoms with E-state index in [1.807, 2.05) is 0 Å². The van der Waals surface area contributed by atoms with Crippen molar-refractivity contribution in [3.63, 3.8) is 0 Å². The van der Waals surface area contributed by atoms with Gasteiger partial charge in [-0.3, -0.25) is 0 Å². The van der Waals surface area contributed by atoms with Gasteiger partial charge >= 0.3 is 0 Å². The molecule has 1 unspecified atom stereocenters. The number of hydrogen-bond acceptors (Lipinski definition) is 1. The van der Waals surface area contributed by atoms with Gasteiger partial charge in [0, 0.05) is 17.3 Å². The van der Waals surface area contributed by atoms with Crippen LogP contribution >= 0.6 is 0 Å². The van der Waals surface area contributed by atoms with Crippen molar-refractivity contribution in [3.8, 4) is 11.1 Å². The van der Waals surface area contributed by atoms with E-state index in [0.29, 0.717) is 6.04 Å². The monoisotopic (exact) mass is 377 g/mol. The molecule has 2 aromatic rings. The lowest BCUT2D eigenvalue weighted by atomic mass is 9.79. The molecule has 152 valence electrons. The summed E-state index contributed by atoms with van der Waals surface area (Å²) >= 11 is 0. The maximum Gasteiger partial charge on any atom is 0.0422 e. The molecule has 0 aliphatic heterocycles. The van der Waals surface area contributed by atoms with Crippen LogP contribution in [0.5, 0.6) is 0 Å². The minimum Gasteiger partial charge on any atom is -0.382 e. The largest absolute Gasteiger partial charge is 0.382 e. The maximum atomic E-state index is 4.27. The van der Waals surface area contributed by atoms with Crippen LogP contribution in [0.2, 0.25) is 0 Å². The van der Waals surface area contributed by atoms with E-state index >= 15 is 0 Å². The molecule has 0 heterocycles. The second-order valence-corrected chi connectivity index (χ2v) is 9.80. The van der Waals surface area contributed by atoms with Crippen molar-refractivity contribution in [1.29, 1.82) is 0 Å². The number of rotatable bonds is 8. The first kappa shape index (κ1) is 22.3.